The second-order valence-corrected chi connectivity index (χ2v) is 11.3. The summed E-state index contributed by atoms with van der Waals surface area (Å²) in [5, 5.41) is 126. The Labute approximate surface area is 265 Å². The number of aliphatic carboxylic acids is 1. The maximum atomic E-state index is 12.4. The molecule has 272 valence electrons. The van der Waals surface area contributed by atoms with Crippen molar-refractivity contribution < 1.29 is 99.3 Å². The number of hydrogen-bond donors (Lipinski definition) is 14. The number of aliphatic hydroxyl groups excluding tert-OH is 11. The van der Waals surface area contributed by atoms with E-state index >= 15 is 0 Å². The second kappa shape index (κ2) is 16.4. The van der Waals surface area contributed by atoms with Crippen molar-refractivity contribution >= 4 is 17.8 Å². The van der Waals surface area contributed by atoms with E-state index in [2.05, 4.69) is 10.6 Å². The third-order valence-corrected chi connectivity index (χ3v) is 7.97. The molecule has 3 aliphatic rings. The van der Waals surface area contributed by atoms with Crippen molar-refractivity contribution in [3.05, 3.63) is 0 Å². The first-order valence-electron chi connectivity index (χ1n) is 14.4. The van der Waals surface area contributed by atoms with Crippen LogP contribution in [-0.4, -0.2) is 203 Å². The van der Waals surface area contributed by atoms with E-state index in [1.54, 1.807) is 0 Å². The van der Waals surface area contributed by atoms with Crippen LogP contribution in [0.1, 0.15) is 13.3 Å². The zero-order valence-corrected chi connectivity index (χ0v) is 24.8. The SMILES string of the molecule is CC(=O)N[C@@H]1[C@@H](OC2O[C@H](COC3(C(=O)O)C[C@H](O)[C@@H](NC(=O)CO)[C@H]([C@H](O)[C@H](O)CO)O3)[C@H](O)[C@H](O)[C@H]2O)[C@@H](O)[C@@H](CO)O[C@@H]1O. The lowest BCUT2D eigenvalue weighted by molar-refractivity contribution is -0.356. The van der Waals surface area contributed by atoms with Crippen molar-refractivity contribution in [3.8, 4) is 0 Å². The Morgan fingerprint density at radius 2 is 1.55 bits per heavy atom. The minimum absolute atomic E-state index is 0.713. The van der Waals surface area contributed by atoms with E-state index < -0.39 is 148 Å². The van der Waals surface area contributed by atoms with Gasteiger partial charge in [-0.05, 0) is 0 Å². The predicted molar refractivity (Wildman–Crippen MR) is 143 cm³/mol. The van der Waals surface area contributed by atoms with Crippen LogP contribution in [0.2, 0.25) is 0 Å². The molecule has 14 N–H and O–H groups in total. The first-order valence-corrected chi connectivity index (χ1v) is 14.4. The summed E-state index contributed by atoms with van der Waals surface area (Å²) in [6.07, 6.45) is -25.6. The molecule has 3 heterocycles. The fraction of sp³-hybridized carbons (Fsp3) is 0.880. The molecule has 22 nitrogen and oxygen atoms in total. The molecular weight excluding hydrogens is 648 g/mol. The summed E-state index contributed by atoms with van der Waals surface area (Å²) in [6.45, 7) is -2.93. The molecule has 3 rings (SSSR count). The highest BCUT2D eigenvalue weighted by Crippen LogP contribution is 2.35. The van der Waals surface area contributed by atoms with Crippen molar-refractivity contribution in [2.24, 2.45) is 0 Å². The number of carboxylic acid groups (broad SMARTS) is 1. The molecule has 0 aliphatic carbocycles. The molecule has 0 aromatic heterocycles. The molecule has 0 aromatic carbocycles. The monoisotopic (exact) mass is 690 g/mol. The van der Waals surface area contributed by atoms with Crippen LogP contribution >= 0.6 is 0 Å². The van der Waals surface area contributed by atoms with Gasteiger partial charge in [0, 0.05) is 13.3 Å². The average molecular weight is 691 g/mol. The number of nitrogens with one attached hydrogen (secondary N) is 2. The standard InChI is InChI=1S/C25H42N2O20/c1-7(31)26-14-20(17(37)10(4-29)44-22(14)40)46-23-19(39)18(38)16(36)11(45-23)6-43-25(24(41)42)2-8(32)13(27-12(34)5-30)21(47-25)15(35)9(33)3-28/h8-11,13-23,28-30,32-33,35-40H,2-6H2,1H3,(H,26,31)(H,27,34)(H,41,42)/t8-,9+,10+,11+,13+,14+,15+,16-,17-,18-,19+,20+,21+,22-,23?,25?/m0/s1. The number of aliphatic hydroxyl groups is 11. The van der Waals surface area contributed by atoms with Gasteiger partial charge >= 0.3 is 5.97 Å². The normalized spacial score (nSPS) is 42.3. The quantitative estimate of drug-likeness (QED) is 0.0852. The molecule has 47 heavy (non-hydrogen) atoms. The van der Waals surface area contributed by atoms with E-state index in [4.69, 9.17) is 28.8 Å². The maximum absolute atomic E-state index is 12.4. The molecule has 22 heteroatoms. The van der Waals surface area contributed by atoms with E-state index in [1.165, 1.54) is 0 Å². The fourth-order valence-corrected chi connectivity index (χ4v) is 5.45. The second-order valence-electron chi connectivity index (χ2n) is 11.3. The van der Waals surface area contributed by atoms with Crippen LogP contribution in [0.4, 0.5) is 0 Å². The molecule has 0 radical (unpaired) electrons. The third kappa shape index (κ3) is 8.69. The Bertz CT molecular complexity index is 1070. The van der Waals surface area contributed by atoms with Gasteiger partial charge in [0.15, 0.2) is 12.6 Å². The summed E-state index contributed by atoms with van der Waals surface area (Å²) in [4.78, 5) is 36.0. The van der Waals surface area contributed by atoms with E-state index in [0.717, 1.165) is 6.92 Å². The van der Waals surface area contributed by atoms with Crippen molar-refractivity contribution in [1.29, 1.82) is 0 Å². The highest BCUT2D eigenvalue weighted by atomic mass is 16.8. The molecule has 2 unspecified atom stereocenters. The number of carbonyl (C=O) groups is 3. The number of ether oxygens (including phenoxy) is 5. The highest BCUT2D eigenvalue weighted by molar-refractivity contribution is 5.78. The van der Waals surface area contributed by atoms with Crippen LogP contribution in [0, 0.1) is 0 Å². The smallest absolute Gasteiger partial charge is 0.364 e. The molecule has 0 bridgehead atoms. The molecule has 3 saturated heterocycles. The minimum Gasteiger partial charge on any atom is -0.477 e. The molecular formula is C25H42N2O20. The lowest BCUT2D eigenvalue weighted by Crippen LogP contribution is -2.69. The van der Waals surface area contributed by atoms with Gasteiger partial charge in [-0.1, -0.05) is 0 Å². The van der Waals surface area contributed by atoms with E-state index in [0.29, 0.717) is 0 Å². The number of carbonyl (C=O) groups excluding carboxylic acids is 2. The summed E-state index contributed by atoms with van der Waals surface area (Å²) in [7, 11) is 0. The number of carboxylic acids is 1. The molecule has 2 amide bonds. The van der Waals surface area contributed by atoms with E-state index in [9.17, 15) is 70.6 Å². The van der Waals surface area contributed by atoms with Crippen molar-refractivity contribution in [2.45, 2.75) is 111 Å². The van der Waals surface area contributed by atoms with Crippen LogP contribution in [0.3, 0.4) is 0 Å². The van der Waals surface area contributed by atoms with Gasteiger partial charge in [-0.15, -0.1) is 0 Å². The van der Waals surface area contributed by atoms with Crippen molar-refractivity contribution in [2.75, 3.05) is 26.4 Å². The first kappa shape index (κ1) is 39.2. The molecule has 16 atom stereocenters. The zero-order chi connectivity index (χ0) is 35.4. The lowest BCUT2D eigenvalue weighted by atomic mass is 9.88. The van der Waals surface area contributed by atoms with Crippen LogP contribution < -0.4 is 10.6 Å². The Kier molecular flexibility index (Phi) is 13.7. The van der Waals surface area contributed by atoms with Gasteiger partial charge in [0.05, 0.1) is 32.0 Å². The number of rotatable bonds is 13. The molecule has 0 saturated carbocycles. The van der Waals surface area contributed by atoms with Crippen molar-refractivity contribution in [3.63, 3.8) is 0 Å². The number of hydrogen-bond acceptors (Lipinski definition) is 19. The van der Waals surface area contributed by atoms with E-state index in [1.807, 2.05) is 0 Å². The highest BCUT2D eigenvalue weighted by Gasteiger charge is 2.57. The summed E-state index contributed by atoms with van der Waals surface area (Å²) in [6, 6.07) is -3.15. The Balaban J connectivity index is 1.85. The van der Waals surface area contributed by atoms with Crippen LogP contribution in [0.5, 0.6) is 0 Å². The van der Waals surface area contributed by atoms with Crippen LogP contribution in [0.25, 0.3) is 0 Å². The van der Waals surface area contributed by atoms with Crippen molar-refractivity contribution in [1.82, 2.24) is 10.6 Å². The third-order valence-electron chi connectivity index (χ3n) is 7.97. The topological polar surface area (TPSA) is 364 Å². The van der Waals surface area contributed by atoms with Gasteiger partial charge in [0.25, 0.3) is 5.79 Å². The summed E-state index contributed by atoms with van der Waals surface area (Å²) in [5.41, 5.74) is 0. The van der Waals surface area contributed by atoms with Gasteiger partial charge in [0.2, 0.25) is 11.8 Å². The Morgan fingerprint density at radius 3 is 2.11 bits per heavy atom. The Morgan fingerprint density at radius 1 is 0.894 bits per heavy atom. The Hall–Kier alpha value is -2.23. The average Bonchev–Trinajstić information content (AvgIpc) is 3.03. The molecule has 0 spiro atoms. The van der Waals surface area contributed by atoms with Gasteiger partial charge in [-0.3, -0.25) is 9.59 Å². The van der Waals surface area contributed by atoms with Gasteiger partial charge in [-0.2, -0.15) is 0 Å². The first-order chi connectivity index (χ1) is 22.0. The van der Waals surface area contributed by atoms with E-state index in [-0.39, 0.29) is 0 Å². The molecule has 0 aromatic rings. The summed E-state index contributed by atoms with van der Waals surface area (Å²) < 4.78 is 27.1. The minimum atomic E-state index is -2.91. The lowest BCUT2D eigenvalue weighted by Gasteiger charge is -2.48. The van der Waals surface area contributed by atoms with Gasteiger partial charge < -0.3 is 95.6 Å². The fourth-order valence-electron chi connectivity index (χ4n) is 5.45. The van der Waals surface area contributed by atoms with Crippen LogP contribution in [0.15, 0.2) is 0 Å². The zero-order valence-electron chi connectivity index (χ0n) is 24.8. The largest absolute Gasteiger partial charge is 0.477 e. The molecule has 3 fully saturated rings. The number of amides is 2. The van der Waals surface area contributed by atoms with Crippen LogP contribution in [-0.2, 0) is 38.1 Å². The maximum Gasteiger partial charge on any atom is 0.364 e. The predicted octanol–water partition coefficient (Wildman–Crippen LogP) is -9.11. The van der Waals surface area contributed by atoms with Gasteiger partial charge in [0.1, 0.15) is 73.7 Å². The summed E-state index contributed by atoms with van der Waals surface area (Å²) >= 11 is 0. The molecule has 3 aliphatic heterocycles. The summed E-state index contributed by atoms with van der Waals surface area (Å²) in [5.74, 6) is -6.63. The van der Waals surface area contributed by atoms with Gasteiger partial charge in [-0.25, -0.2) is 4.79 Å².